The number of para-hydroxylation sites is 2. The lowest BCUT2D eigenvalue weighted by molar-refractivity contribution is -0.137. The number of carbonyl (C=O) groups is 1. The Morgan fingerprint density at radius 2 is 1.84 bits per heavy atom. The third-order valence-electron chi connectivity index (χ3n) is 3.21. The van der Waals surface area contributed by atoms with Crippen molar-refractivity contribution in [2.45, 2.75) is 6.18 Å². The first-order valence-electron chi connectivity index (χ1n) is 7.27. The summed E-state index contributed by atoms with van der Waals surface area (Å²) in [5.74, 6) is 0.0598. The van der Waals surface area contributed by atoms with Crippen molar-refractivity contribution in [3.63, 3.8) is 0 Å². The van der Waals surface area contributed by atoms with Crippen molar-refractivity contribution in [3.8, 4) is 5.75 Å². The van der Waals surface area contributed by atoms with E-state index in [-0.39, 0.29) is 12.1 Å². The SMILES string of the molecule is COc1ccccc1NCC(=O)NN=Cc1ccccc1C(F)(F)F. The average molecular weight is 351 g/mol. The lowest BCUT2D eigenvalue weighted by Crippen LogP contribution is -2.26. The molecule has 0 bridgehead atoms. The second-order valence-corrected chi connectivity index (χ2v) is 4.93. The highest BCUT2D eigenvalue weighted by Gasteiger charge is 2.32. The molecule has 0 heterocycles. The Morgan fingerprint density at radius 1 is 1.16 bits per heavy atom. The average Bonchev–Trinajstić information content (AvgIpc) is 2.59. The van der Waals surface area contributed by atoms with Gasteiger partial charge in [0.2, 0.25) is 0 Å². The van der Waals surface area contributed by atoms with Crippen molar-refractivity contribution in [1.29, 1.82) is 0 Å². The van der Waals surface area contributed by atoms with Gasteiger partial charge in [-0.25, -0.2) is 5.43 Å². The van der Waals surface area contributed by atoms with Gasteiger partial charge in [-0.2, -0.15) is 18.3 Å². The summed E-state index contributed by atoms with van der Waals surface area (Å²) >= 11 is 0. The molecule has 0 fully saturated rings. The van der Waals surface area contributed by atoms with E-state index in [0.29, 0.717) is 11.4 Å². The summed E-state index contributed by atoms with van der Waals surface area (Å²) in [5, 5.41) is 6.43. The number of hydrogen-bond acceptors (Lipinski definition) is 4. The number of nitrogens with one attached hydrogen (secondary N) is 2. The van der Waals surface area contributed by atoms with Gasteiger partial charge >= 0.3 is 6.18 Å². The van der Waals surface area contributed by atoms with Crippen LogP contribution in [0.3, 0.4) is 0 Å². The van der Waals surface area contributed by atoms with Gasteiger partial charge in [0.25, 0.3) is 5.91 Å². The van der Waals surface area contributed by atoms with Gasteiger partial charge < -0.3 is 10.1 Å². The van der Waals surface area contributed by atoms with Gasteiger partial charge in [0, 0.05) is 5.56 Å². The minimum atomic E-state index is -4.49. The topological polar surface area (TPSA) is 62.7 Å². The number of benzene rings is 2. The molecule has 0 aliphatic heterocycles. The summed E-state index contributed by atoms with van der Waals surface area (Å²) in [4.78, 5) is 11.7. The van der Waals surface area contributed by atoms with Crippen LogP contribution in [0.2, 0.25) is 0 Å². The van der Waals surface area contributed by atoms with E-state index in [9.17, 15) is 18.0 Å². The number of halogens is 3. The molecule has 0 atom stereocenters. The van der Waals surface area contributed by atoms with Gasteiger partial charge in [0.1, 0.15) is 5.75 Å². The summed E-state index contributed by atoms with van der Waals surface area (Å²) in [6, 6.07) is 12.0. The quantitative estimate of drug-likeness (QED) is 0.620. The fourth-order valence-electron chi connectivity index (χ4n) is 2.05. The molecule has 0 spiro atoms. The van der Waals surface area contributed by atoms with Crippen LogP contribution in [0.5, 0.6) is 5.75 Å². The highest BCUT2D eigenvalue weighted by Crippen LogP contribution is 2.31. The van der Waals surface area contributed by atoms with Crippen LogP contribution >= 0.6 is 0 Å². The van der Waals surface area contributed by atoms with Crippen LogP contribution in [0.4, 0.5) is 18.9 Å². The Hall–Kier alpha value is -3.03. The number of hydrazone groups is 1. The number of ether oxygens (including phenoxy) is 1. The van der Waals surface area contributed by atoms with Crippen LogP contribution in [0.1, 0.15) is 11.1 Å². The molecule has 8 heteroatoms. The molecule has 2 aromatic carbocycles. The van der Waals surface area contributed by atoms with E-state index in [1.54, 1.807) is 24.3 Å². The second-order valence-electron chi connectivity index (χ2n) is 4.93. The lowest BCUT2D eigenvalue weighted by atomic mass is 10.1. The molecule has 5 nitrogen and oxygen atoms in total. The molecule has 0 aromatic heterocycles. The van der Waals surface area contributed by atoms with Crippen LogP contribution in [0, 0.1) is 0 Å². The lowest BCUT2D eigenvalue weighted by Gasteiger charge is -2.10. The first-order chi connectivity index (χ1) is 11.9. The third-order valence-corrected chi connectivity index (χ3v) is 3.21. The fourth-order valence-corrected chi connectivity index (χ4v) is 2.05. The highest BCUT2D eigenvalue weighted by molar-refractivity contribution is 5.85. The summed E-state index contributed by atoms with van der Waals surface area (Å²) in [5.41, 5.74) is 1.84. The van der Waals surface area contributed by atoms with Gasteiger partial charge in [-0.15, -0.1) is 0 Å². The zero-order valence-electron chi connectivity index (χ0n) is 13.3. The molecule has 0 aliphatic carbocycles. The van der Waals surface area contributed by atoms with Crippen molar-refractivity contribution in [2.75, 3.05) is 19.0 Å². The van der Waals surface area contributed by atoms with Crippen molar-refractivity contribution in [3.05, 3.63) is 59.7 Å². The van der Waals surface area contributed by atoms with E-state index in [1.165, 1.54) is 25.3 Å². The number of carbonyl (C=O) groups excluding carboxylic acids is 1. The monoisotopic (exact) mass is 351 g/mol. The van der Waals surface area contributed by atoms with Gasteiger partial charge in [-0.1, -0.05) is 30.3 Å². The minimum absolute atomic E-state index is 0.112. The predicted molar refractivity (Wildman–Crippen MR) is 88.7 cm³/mol. The minimum Gasteiger partial charge on any atom is -0.495 e. The van der Waals surface area contributed by atoms with Crippen molar-refractivity contribution in [2.24, 2.45) is 5.10 Å². The van der Waals surface area contributed by atoms with Crippen LogP contribution in [0.15, 0.2) is 53.6 Å². The van der Waals surface area contributed by atoms with Crippen LogP contribution in [0.25, 0.3) is 0 Å². The number of amides is 1. The molecule has 2 aromatic rings. The maximum atomic E-state index is 12.8. The number of hydrogen-bond donors (Lipinski definition) is 2. The fraction of sp³-hybridized carbons (Fsp3) is 0.176. The predicted octanol–water partition coefficient (Wildman–Crippen LogP) is 3.28. The second kappa shape index (κ2) is 8.18. The summed E-state index contributed by atoms with van der Waals surface area (Å²) < 4.78 is 43.7. The van der Waals surface area contributed by atoms with Crippen molar-refractivity contribution >= 4 is 17.8 Å². The number of methoxy groups -OCH3 is 1. The molecular weight excluding hydrogens is 335 g/mol. The van der Waals surface area contributed by atoms with Crippen molar-refractivity contribution < 1.29 is 22.7 Å². The zero-order valence-corrected chi connectivity index (χ0v) is 13.3. The number of anilines is 1. The van der Waals surface area contributed by atoms with E-state index in [0.717, 1.165) is 12.3 Å². The first-order valence-corrected chi connectivity index (χ1v) is 7.27. The smallest absolute Gasteiger partial charge is 0.417 e. The van der Waals surface area contributed by atoms with Crippen molar-refractivity contribution in [1.82, 2.24) is 5.43 Å². The number of nitrogens with zero attached hydrogens (tertiary/aromatic N) is 1. The van der Waals surface area contributed by atoms with E-state index in [1.807, 2.05) is 0 Å². The summed E-state index contributed by atoms with van der Waals surface area (Å²) in [6.45, 7) is -0.112. The van der Waals surface area contributed by atoms with E-state index < -0.39 is 17.6 Å². The van der Waals surface area contributed by atoms with Gasteiger partial charge in [-0.05, 0) is 18.2 Å². The molecule has 0 saturated carbocycles. The molecule has 0 unspecified atom stereocenters. The molecule has 2 N–H and O–H groups in total. The number of rotatable bonds is 6. The number of alkyl halides is 3. The normalized spacial score (nSPS) is 11.4. The Kier molecular flexibility index (Phi) is 5.99. The molecular formula is C17H16F3N3O2. The first kappa shape index (κ1) is 18.3. The molecule has 0 radical (unpaired) electrons. The van der Waals surface area contributed by atoms with Gasteiger partial charge in [-0.3, -0.25) is 4.79 Å². The summed E-state index contributed by atoms with van der Waals surface area (Å²) in [7, 11) is 1.50. The van der Waals surface area contributed by atoms with Crippen LogP contribution in [-0.2, 0) is 11.0 Å². The van der Waals surface area contributed by atoms with Gasteiger partial charge in [0.05, 0.1) is 31.1 Å². The van der Waals surface area contributed by atoms with E-state index in [4.69, 9.17) is 4.74 Å². The third kappa shape index (κ3) is 5.23. The van der Waals surface area contributed by atoms with Gasteiger partial charge in [0.15, 0.2) is 0 Å². The molecule has 0 saturated heterocycles. The molecule has 0 aliphatic rings. The Morgan fingerprint density at radius 3 is 2.56 bits per heavy atom. The summed E-state index contributed by atoms with van der Waals surface area (Å²) in [6.07, 6.45) is -3.53. The highest BCUT2D eigenvalue weighted by atomic mass is 19.4. The largest absolute Gasteiger partial charge is 0.495 e. The Bertz CT molecular complexity index is 761. The zero-order chi connectivity index (χ0) is 18.3. The molecule has 25 heavy (non-hydrogen) atoms. The molecule has 132 valence electrons. The Labute approximate surface area is 142 Å². The molecule has 1 amide bonds. The van der Waals surface area contributed by atoms with E-state index in [2.05, 4.69) is 15.8 Å². The maximum Gasteiger partial charge on any atom is 0.417 e. The Balaban J connectivity index is 1.93. The standard InChI is InChI=1S/C17H16F3N3O2/c1-25-15-9-5-4-8-14(15)21-11-16(24)23-22-10-12-6-2-3-7-13(12)17(18,19)20/h2-10,21H,11H2,1H3,(H,23,24). The maximum absolute atomic E-state index is 12.8. The van der Waals surface area contributed by atoms with E-state index >= 15 is 0 Å². The van der Waals surface area contributed by atoms with Crippen LogP contribution in [-0.4, -0.2) is 25.8 Å². The van der Waals surface area contributed by atoms with Crippen LogP contribution < -0.4 is 15.5 Å². The molecule has 2 rings (SSSR count).